The third-order valence-corrected chi connectivity index (χ3v) is 5.31. The van der Waals surface area contributed by atoms with Gasteiger partial charge in [0.25, 0.3) is 5.91 Å². The highest BCUT2D eigenvalue weighted by Gasteiger charge is 2.14. The minimum atomic E-state index is -0.269. The van der Waals surface area contributed by atoms with E-state index < -0.39 is 0 Å². The maximum atomic E-state index is 12.6. The summed E-state index contributed by atoms with van der Waals surface area (Å²) >= 11 is 7.41. The number of benzene rings is 1. The van der Waals surface area contributed by atoms with Crippen molar-refractivity contribution in [2.75, 3.05) is 10.6 Å². The predicted octanol–water partition coefficient (Wildman–Crippen LogP) is 4.95. The molecule has 9 heteroatoms. The van der Waals surface area contributed by atoms with Crippen LogP contribution in [-0.2, 0) is 0 Å². The lowest BCUT2D eigenvalue weighted by Gasteiger charge is -2.08. The molecule has 0 fully saturated rings. The largest absolute Gasteiger partial charge is 0.320 e. The Morgan fingerprint density at radius 2 is 1.90 bits per heavy atom. The van der Waals surface area contributed by atoms with E-state index in [9.17, 15) is 4.79 Å². The number of carbonyl (C=O) groups excluding carboxylic acids is 1. The summed E-state index contributed by atoms with van der Waals surface area (Å²) in [4.78, 5) is 29.7. The molecule has 0 bridgehead atoms. The molecule has 1 aromatic carbocycles. The van der Waals surface area contributed by atoms with Gasteiger partial charge in [0.15, 0.2) is 5.13 Å². The summed E-state index contributed by atoms with van der Waals surface area (Å²) in [5, 5.41) is 7.02. The number of nitrogens with zero attached hydrogens (tertiary/aromatic N) is 4. The number of thiazole rings is 1. The number of carbonyl (C=O) groups is 1. The maximum absolute atomic E-state index is 12.6. The number of aromatic nitrogens is 4. The van der Waals surface area contributed by atoms with Gasteiger partial charge in [-0.1, -0.05) is 35.1 Å². The van der Waals surface area contributed by atoms with Gasteiger partial charge in [0.05, 0.1) is 16.9 Å². The van der Waals surface area contributed by atoms with Crippen LogP contribution in [-0.4, -0.2) is 25.8 Å². The van der Waals surface area contributed by atoms with Crippen LogP contribution in [0, 0.1) is 6.92 Å². The van der Waals surface area contributed by atoms with E-state index in [-0.39, 0.29) is 5.91 Å². The molecular formula is C20H15ClN6OS. The third-order valence-electron chi connectivity index (χ3n) is 4.08. The van der Waals surface area contributed by atoms with Gasteiger partial charge in [-0.3, -0.25) is 4.79 Å². The van der Waals surface area contributed by atoms with Crippen molar-refractivity contribution in [3.63, 3.8) is 0 Å². The molecule has 7 nitrogen and oxygen atoms in total. The van der Waals surface area contributed by atoms with Crippen LogP contribution in [0.2, 0.25) is 5.02 Å². The average molecular weight is 423 g/mol. The highest BCUT2D eigenvalue weighted by molar-refractivity contribution is 7.17. The van der Waals surface area contributed by atoms with Crippen LogP contribution >= 0.6 is 22.9 Å². The molecule has 3 heterocycles. The minimum Gasteiger partial charge on any atom is -0.320 e. The Kier molecular flexibility index (Phi) is 5.46. The Morgan fingerprint density at radius 3 is 2.69 bits per heavy atom. The number of para-hydroxylation sites is 1. The quantitative estimate of drug-likeness (QED) is 0.472. The fourth-order valence-corrected chi connectivity index (χ4v) is 3.63. The molecule has 0 atom stereocenters. The Balaban J connectivity index is 1.49. The van der Waals surface area contributed by atoms with Crippen molar-refractivity contribution >= 4 is 45.5 Å². The summed E-state index contributed by atoms with van der Waals surface area (Å²) in [6.45, 7) is 1.89. The van der Waals surface area contributed by atoms with Gasteiger partial charge in [-0.2, -0.15) is 0 Å². The molecule has 0 unspecified atom stereocenters. The van der Waals surface area contributed by atoms with E-state index in [0.29, 0.717) is 26.5 Å². The summed E-state index contributed by atoms with van der Waals surface area (Å²) in [6.07, 6.45) is 8.15. The molecule has 0 saturated heterocycles. The van der Waals surface area contributed by atoms with Crippen LogP contribution in [0.3, 0.4) is 0 Å². The zero-order chi connectivity index (χ0) is 20.2. The third kappa shape index (κ3) is 4.39. The van der Waals surface area contributed by atoms with Crippen LogP contribution in [0.4, 0.5) is 16.6 Å². The second-order valence-electron chi connectivity index (χ2n) is 6.10. The number of nitrogens with one attached hydrogen (secondary N) is 2. The predicted molar refractivity (Wildman–Crippen MR) is 115 cm³/mol. The van der Waals surface area contributed by atoms with Crippen LogP contribution in [0.25, 0.3) is 11.1 Å². The van der Waals surface area contributed by atoms with Crippen molar-refractivity contribution < 1.29 is 4.79 Å². The first-order valence-electron chi connectivity index (χ1n) is 8.61. The van der Waals surface area contributed by atoms with Gasteiger partial charge in [-0.05, 0) is 36.2 Å². The van der Waals surface area contributed by atoms with Crippen molar-refractivity contribution in [1.82, 2.24) is 19.9 Å². The molecule has 2 N–H and O–H groups in total. The first kappa shape index (κ1) is 19.0. The zero-order valence-electron chi connectivity index (χ0n) is 15.3. The van der Waals surface area contributed by atoms with Gasteiger partial charge < -0.3 is 10.6 Å². The van der Waals surface area contributed by atoms with Gasteiger partial charge in [0.1, 0.15) is 17.0 Å². The van der Waals surface area contributed by atoms with Crippen molar-refractivity contribution in [3.05, 3.63) is 76.9 Å². The van der Waals surface area contributed by atoms with E-state index in [1.54, 1.807) is 24.7 Å². The van der Waals surface area contributed by atoms with Gasteiger partial charge in [-0.15, -0.1) is 0 Å². The molecule has 0 aliphatic carbocycles. The second-order valence-corrected chi connectivity index (χ2v) is 7.54. The molecule has 1 amide bonds. The number of pyridine rings is 1. The molecule has 0 aliphatic rings. The highest BCUT2D eigenvalue weighted by Crippen LogP contribution is 2.28. The summed E-state index contributed by atoms with van der Waals surface area (Å²) < 4.78 is 0. The summed E-state index contributed by atoms with van der Waals surface area (Å²) in [5.74, 6) is 0.338. The number of anilines is 3. The second kappa shape index (κ2) is 8.34. The van der Waals surface area contributed by atoms with E-state index in [1.165, 1.54) is 23.9 Å². The lowest BCUT2D eigenvalue weighted by Crippen LogP contribution is -2.11. The summed E-state index contributed by atoms with van der Waals surface area (Å²) in [7, 11) is 0. The van der Waals surface area contributed by atoms with Crippen LogP contribution < -0.4 is 10.6 Å². The molecule has 4 aromatic rings. The number of aryl methyl sites for hydroxylation is 1. The molecular weight excluding hydrogens is 408 g/mol. The Hall–Kier alpha value is -3.36. The van der Waals surface area contributed by atoms with Crippen molar-refractivity contribution in [2.24, 2.45) is 0 Å². The SMILES string of the molecule is Cc1cccc(Cl)c1NC(=O)c1cnc(Nc2cc(-c3cncnc3)ccn2)s1. The Labute approximate surface area is 175 Å². The topological polar surface area (TPSA) is 92.7 Å². The lowest BCUT2D eigenvalue weighted by atomic mass is 10.1. The molecule has 4 rings (SSSR count). The summed E-state index contributed by atoms with van der Waals surface area (Å²) in [6, 6.07) is 9.20. The van der Waals surface area contributed by atoms with Crippen molar-refractivity contribution in [1.29, 1.82) is 0 Å². The molecule has 144 valence electrons. The van der Waals surface area contributed by atoms with Crippen molar-refractivity contribution in [2.45, 2.75) is 6.92 Å². The highest BCUT2D eigenvalue weighted by atomic mass is 35.5. The molecule has 0 saturated carbocycles. The first-order valence-corrected chi connectivity index (χ1v) is 9.80. The number of rotatable bonds is 5. The molecule has 0 aliphatic heterocycles. The summed E-state index contributed by atoms with van der Waals surface area (Å²) in [5.41, 5.74) is 3.29. The molecule has 0 radical (unpaired) electrons. The zero-order valence-corrected chi connectivity index (χ0v) is 16.8. The molecule has 3 aromatic heterocycles. The molecule has 0 spiro atoms. The average Bonchev–Trinajstić information content (AvgIpc) is 3.20. The fourth-order valence-electron chi connectivity index (χ4n) is 2.64. The van der Waals surface area contributed by atoms with E-state index in [1.807, 2.05) is 31.2 Å². The fraction of sp³-hybridized carbons (Fsp3) is 0.0500. The number of amides is 1. The van der Waals surface area contributed by atoms with Gasteiger partial charge in [-0.25, -0.2) is 19.9 Å². The normalized spacial score (nSPS) is 10.6. The molecule has 29 heavy (non-hydrogen) atoms. The number of hydrogen-bond acceptors (Lipinski definition) is 7. The van der Waals surface area contributed by atoms with E-state index >= 15 is 0 Å². The van der Waals surface area contributed by atoms with Gasteiger partial charge >= 0.3 is 0 Å². The van der Waals surface area contributed by atoms with E-state index in [0.717, 1.165) is 16.7 Å². The van der Waals surface area contributed by atoms with Crippen LogP contribution in [0.15, 0.2) is 61.4 Å². The van der Waals surface area contributed by atoms with Gasteiger partial charge in [0.2, 0.25) is 0 Å². The van der Waals surface area contributed by atoms with E-state index in [4.69, 9.17) is 11.6 Å². The standard InChI is InChI=1S/C20H15ClN6OS/c1-12-3-2-4-15(21)18(12)27-19(28)16-10-25-20(29-16)26-17-7-13(5-6-24-17)14-8-22-11-23-9-14/h2-11H,1H3,(H,27,28)(H,24,25,26). The Bertz CT molecular complexity index is 1140. The first-order chi connectivity index (χ1) is 14.1. The monoisotopic (exact) mass is 422 g/mol. The number of halogens is 1. The number of hydrogen-bond donors (Lipinski definition) is 2. The van der Waals surface area contributed by atoms with Gasteiger partial charge in [0, 0.05) is 24.2 Å². The van der Waals surface area contributed by atoms with Crippen LogP contribution in [0.1, 0.15) is 15.2 Å². The van der Waals surface area contributed by atoms with Crippen LogP contribution in [0.5, 0.6) is 0 Å². The Morgan fingerprint density at radius 1 is 1.07 bits per heavy atom. The maximum Gasteiger partial charge on any atom is 0.267 e. The smallest absolute Gasteiger partial charge is 0.267 e. The lowest BCUT2D eigenvalue weighted by molar-refractivity contribution is 0.103. The van der Waals surface area contributed by atoms with E-state index in [2.05, 4.69) is 30.6 Å². The minimum absolute atomic E-state index is 0.269. The van der Waals surface area contributed by atoms with Crippen molar-refractivity contribution in [3.8, 4) is 11.1 Å².